The van der Waals surface area contributed by atoms with Crippen LogP contribution in [0.2, 0.25) is 0 Å². The van der Waals surface area contributed by atoms with Crippen LogP contribution in [0.3, 0.4) is 0 Å². The van der Waals surface area contributed by atoms with Gasteiger partial charge in [0.25, 0.3) is 6.48 Å². The van der Waals surface area contributed by atoms with Crippen LogP contribution >= 0.6 is 0 Å². The monoisotopic (exact) mass is 238 g/mol. The van der Waals surface area contributed by atoms with E-state index < -0.39 is 17.5 Å². The molecule has 1 spiro atoms. The fraction of sp³-hybridized carbons (Fsp3) is 0.750. The van der Waals surface area contributed by atoms with Gasteiger partial charge in [0.15, 0.2) is 5.78 Å². The van der Waals surface area contributed by atoms with E-state index in [-0.39, 0.29) is 24.6 Å². The highest BCUT2D eigenvalue weighted by Gasteiger charge is 2.68. The molecule has 5 heteroatoms. The molecule has 5 aliphatic rings. The normalized spacial score (nSPS) is 55.1. The highest BCUT2D eigenvalue weighted by Crippen LogP contribution is 2.59. The van der Waals surface area contributed by atoms with Crippen LogP contribution in [-0.4, -0.2) is 41.8 Å². The lowest BCUT2D eigenvalue weighted by Crippen LogP contribution is -2.74. The van der Waals surface area contributed by atoms with Gasteiger partial charge in [0, 0.05) is 19.3 Å². The molecule has 3 saturated heterocycles. The third kappa shape index (κ3) is 1.06. The average Bonchev–Trinajstić information content (AvgIpc) is 2.27. The molecule has 1 saturated carbocycles. The Balaban J connectivity index is 1.88. The zero-order chi connectivity index (χ0) is 11.7. The van der Waals surface area contributed by atoms with Crippen molar-refractivity contribution in [1.29, 1.82) is 0 Å². The van der Waals surface area contributed by atoms with Crippen LogP contribution in [-0.2, 0) is 19.0 Å². The van der Waals surface area contributed by atoms with Crippen molar-refractivity contribution in [2.45, 2.75) is 43.5 Å². The Morgan fingerprint density at radius 1 is 1.47 bits per heavy atom. The van der Waals surface area contributed by atoms with Crippen molar-refractivity contribution in [3.63, 3.8) is 0 Å². The number of ether oxygens (including phenoxy) is 3. The molecule has 1 N–H and O–H groups in total. The number of aliphatic hydroxyl groups is 1. The van der Waals surface area contributed by atoms with E-state index in [9.17, 15) is 9.90 Å². The number of aliphatic hydroxyl groups excluding tert-OH is 1. The van der Waals surface area contributed by atoms with E-state index in [2.05, 4.69) is 0 Å². The summed E-state index contributed by atoms with van der Waals surface area (Å²) in [5, 5.41) is 9.80. The van der Waals surface area contributed by atoms with Crippen molar-refractivity contribution < 1.29 is 24.1 Å². The molecule has 5 rings (SSSR count). The molecule has 17 heavy (non-hydrogen) atoms. The van der Waals surface area contributed by atoms with Crippen molar-refractivity contribution in [2.75, 3.05) is 6.61 Å². The molecule has 4 fully saturated rings. The zero-order valence-electron chi connectivity index (χ0n) is 9.30. The standard InChI is InChI=1S/C12H14O5/c13-6-11-2-1-7(14)4-12(11)5-8-3-9(11)16-10(15-8)17-12/h1-2,8-10,13H,3-6H2/t8-,9+,10?,11+,12-/m1/s1. The molecule has 92 valence electrons. The van der Waals surface area contributed by atoms with E-state index in [0.717, 1.165) is 6.42 Å². The Morgan fingerprint density at radius 3 is 3.12 bits per heavy atom. The summed E-state index contributed by atoms with van der Waals surface area (Å²) in [5.41, 5.74) is -1.19. The van der Waals surface area contributed by atoms with E-state index in [0.29, 0.717) is 12.8 Å². The summed E-state index contributed by atoms with van der Waals surface area (Å²) in [7, 11) is 0. The lowest BCUT2D eigenvalue weighted by atomic mass is 9.56. The van der Waals surface area contributed by atoms with Gasteiger partial charge in [-0.3, -0.25) is 4.79 Å². The van der Waals surface area contributed by atoms with Gasteiger partial charge in [-0.2, -0.15) is 0 Å². The molecule has 0 amide bonds. The molecule has 5 nitrogen and oxygen atoms in total. The molecule has 4 bridgehead atoms. The van der Waals surface area contributed by atoms with Gasteiger partial charge >= 0.3 is 0 Å². The number of carbonyl (C=O) groups excluding carboxylic acids is 1. The largest absolute Gasteiger partial charge is 0.395 e. The van der Waals surface area contributed by atoms with Crippen LogP contribution in [0, 0.1) is 5.41 Å². The maximum absolute atomic E-state index is 11.7. The van der Waals surface area contributed by atoms with E-state index >= 15 is 0 Å². The molecule has 0 radical (unpaired) electrons. The van der Waals surface area contributed by atoms with Crippen LogP contribution in [0.5, 0.6) is 0 Å². The smallest absolute Gasteiger partial charge is 0.272 e. The first-order valence-electron chi connectivity index (χ1n) is 5.99. The van der Waals surface area contributed by atoms with E-state index in [4.69, 9.17) is 14.2 Å². The SMILES string of the molecule is O=C1C=C[C@]2(CO)[C@@H]3C[C@@H]4C[C@@]2(C1)OC(O4)O3. The second kappa shape index (κ2) is 2.98. The Labute approximate surface area is 98.3 Å². The van der Waals surface area contributed by atoms with Crippen molar-refractivity contribution in [2.24, 2.45) is 5.41 Å². The van der Waals surface area contributed by atoms with Crippen LogP contribution in [0.25, 0.3) is 0 Å². The van der Waals surface area contributed by atoms with E-state index in [1.54, 1.807) is 12.2 Å². The maximum Gasteiger partial charge on any atom is 0.272 e. The van der Waals surface area contributed by atoms with Gasteiger partial charge in [0.1, 0.15) is 0 Å². The summed E-state index contributed by atoms with van der Waals surface area (Å²) < 4.78 is 17.0. The highest BCUT2D eigenvalue weighted by atomic mass is 16.9. The minimum atomic E-state index is -0.661. The number of allylic oxidation sites excluding steroid dienone is 1. The molecular weight excluding hydrogens is 224 g/mol. The summed E-state index contributed by atoms with van der Waals surface area (Å²) in [6.07, 6.45) is 5.08. The lowest BCUT2D eigenvalue weighted by molar-refractivity contribution is -0.481. The van der Waals surface area contributed by atoms with E-state index in [1.807, 2.05) is 0 Å². The number of ketones is 1. The molecule has 3 aliphatic heterocycles. The highest BCUT2D eigenvalue weighted by molar-refractivity contribution is 5.92. The summed E-state index contributed by atoms with van der Waals surface area (Å²) >= 11 is 0. The number of hydrogen-bond acceptors (Lipinski definition) is 5. The van der Waals surface area contributed by atoms with Crippen LogP contribution < -0.4 is 0 Å². The van der Waals surface area contributed by atoms with Crippen LogP contribution in [0.4, 0.5) is 0 Å². The van der Waals surface area contributed by atoms with Gasteiger partial charge < -0.3 is 19.3 Å². The van der Waals surface area contributed by atoms with Crippen molar-refractivity contribution in [1.82, 2.24) is 0 Å². The quantitative estimate of drug-likeness (QED) is 0.703. The van der Waals surface area contributed by atoms with Crippen molar-refractivity contribution in [3.05, 3.63) is 12.2 Å². The minimum absolute atomic E-state index is 0.0519. The average molecular weight is 238 g/mol. The fourth-order valence-electron chi connectivity index (χ4n) is 3.80. The van der Waals surface area contributed by atoms with Gasteiger partial charge in [-0.05, 0) is 6.08 Å². The second-order valence-electron chi connectivity index (χ2n) is 5.40. The summed E-state index contributed by atoms with van der Waals surface area (Å²) in [6, 6.07) is 0. The Morgan fingerprint density at radius 2 is 2.35 bits per heavy atom. The summed E-state index contributed by atoms with van der Waals surface area (Å²) in [6.45, 7) is -0.715. The first-order valence-corrected chi connectivity index (χ1v) is 5.99. The molecule has 2 aliphatic carbocycles. The predicted molar refractivity (Wildman–Crippen MR) is 54.9 cm³/mol. The molecule has 0 aromatic rings. The van der Waals surface area contributed by atoms with Gasteiger partial charge in [-0.1, -0.05) is 6.08 Å². The molecular formula is C12H14O5. The van der Waals surface area contributed by atoms with Crippen molar-refractivity contribution in [3.8, 4) is 0 Å². The van der Waals surface area contributed by atoms with Gasteiger partial charge in [-0.15, -0.1) is 0 Å². The van der Waals surface area contributed by atoms with Gasteiger partial charge in [-0.25, -0.2) is 0 Å². The number of carbonyl (C=O) groups is 1. The first kappa shape index (κ1) is 10.2. The Hall–Kier alpha value is -0.750. The molecule has 1 unspecified atom stereocenters. The fourth-order valence-corrected chi connectivity index (χ4v) is 3.80. The predicted octanol–water partition coefficient (Wildman–Crippen LogP) is 0.125. The lowest BCUT2D eigenvalue weighted by Gasteiger charge is -2.65. The van der Waals surface area contributed by atoms with Gasteiger partial charge in [0.2, 0.25) is 0 Å². The summed E-state index contributed by atoms with van der Waals surface area (Å²) in [5.74, 6) is 0.0519. The molecule has 3 heterocycles. The third-order valence-electron chi connectivity index (χ3n) is 4.65. The van der Waals surface area contributed by atoms with Crippen LogP contribution in [0.15, 0.2) is 12.2 Å². The Kier molecular flexibility index (Phi) is 1.79. The first-order chi connectivity index (χ1) is 8.17. The maximum atomic E-state index is 11.7. The summed E-state index contributed by atoms with van der Waals surface area (Å²) in [4.78, 5) is 11.7. The number of rotatable bonds is 1. The molecule has 0 aromatic heterocycles. The number of hydrogen-bond donors (Lipinski definition) is 1. The zero-order valence-corrected chi connectivity index (χ0v) is 9.30. The topological polar surface area (TPSA) is 65.0 Å². The molecule has 5 atom stereocenters. The van der Waals surface area contributed by atoms with Crippen LogP contribution in [0.1, 0.15) is 19.3 Å². The molecule has 0 aromatic carbocycles. The third-order valence-corrected chi connectivity index (χ3v) is 4.65. The van der Waals surface area contributed by atoms with Gasteiger partial charge in [0.05, 0.1) is 29.8 Å². The minimum Gasteiger partial charge on any atom is -0.395 e. The second-order valence-corrected chi connectivity index (χ2v) is 5.40. The Bertz CT molecular complexity index is 403. The van der Waals surface area contributed by atoms with E-state index in [1.165, 1.54) is 0 Å². The van der Waals surface area contributed by atoms with Crippen molar-refractivity contribution >= 4 is 5.78 Å².